The number of hydrogen-bond acceptors (Lipinski definition) is 4. The molecule has 0 spiro atoms. The highest BCUT2D eigenvalue weighted by atomic mass is 16.6. The molecule has 0 amide bonds. The van der Waals surface area contributed by atoms with Crippen LogP contribution < -0.4 is 4.74 Å². The second-order valence-electron chi connectivity index (χ2n) is 3.41. The summed E-state index contributed by atoms with van der Waals surface area (Å²) in [5.41, 5.74) is 0.604. The summed E-state index contributed by atoms with van der Waals surface area (Å²) in [6.07, 6.45) is 0. The number of carbonyl (C=O) groups is 1. The molecule has 0 fully saturated rings. The first-order chi connectivity index (χ1) is 7.47. The van der Waals surface area contributed by atoms with Crippen LogP contribution in [0.1, 0.15) is 29.8 Å². The molecule has 0 bridgehead atoms. The van der Waals surface area contributed by atoms with E-state index in [0.29, 0.717) is 6.61 Å². The zero-order valence-corrected chi connectivity index (χ0v) is 9.44. The molecule has 0 atom stereocenters. The fourth-order valence-corrected chi connectivity index (χ4v) is 1.47. The van der Waals surface area contributed by atoms with Crippen molar-refractivity contribution in [3.63, 3.8) is 0 Å². The van der Waals surface area contributed by atoms with Crippen LogP contribution in [0.2, 0.25) is 0 Å². The van der Waals surface area contributed by atoms with E-state index in [-0.39, 0.29) is 22.8 Å². The van der Waals surface area contributed by atoms with Crippen LogP contribution in [0, 0.1) is 17.0 Å². The molecule has 0 heterocycles. The zero-order chi connectivity index (χ0) is 12.3. The van der Waals surface area contributed by atoms with E-state index in [9.17, 15) is 14.9 Å². The molecule has 5 nitrogen and oxygen atoms in total. The number of ketones is 1. The van der Waals surface area contributed by atoms with Gasteiger partial charge in [0.15, 0.2) is 11.5 Å². The van der Waals surface area contributed by atoms with Crippen molar-refractivity contribution in [3.8, 4) is 5.75 Å². The molecule has 0 aliphatic heterocycles. The molecule has 0 radical (unpaired) electrons. The van der Waals surface area contributed by atoms with E-state index in [1.165, 1.54) is 13.0 Å². The Morgan fingerprint density at radius 2 is 2.12 bits per heavy atom. The predicted octanol–water partition coefficient (Wildman–Crippen LogP) is 2.50. The minimum Gasteiger partial charge on any atom is -0.487 e. The first-order valence-electron chi connectivity index (χ1n) is 4.90. The van der Waals surface area contributed by atoms with Crippen LogP contribution in [0.5, 0.6) is 5.75 Å². The summed E-state index contributed by atoms with van der Waals surface area (Å²) in [4.78, 5) is 21.6. The molecule has 1 aromatic rings. The van der Waals surface area contributed by atoms with Gasteiger partial charge in [0.25, 0.3) is 0 Å². The highest BCUT2D eigenvalue weighted by molar-refractivity contribution is 5.99. The summed E-state index contributed by atoms with van der Waals surface area (Å²) in [7, 11) is 0. The topological polar surface area (TPSA) is 69.4 Å². The maximum Gasteiger partial charge on any atom is 0.321 e. The molecule has 1 aromatic carbocycles. The standard InChI is InChI=1S/C11H13NO4/c1-4-16-10-6-7(2)5-9(8(3)13)11(10)12(14)15/h5-6H,4H2,1-3H3. The van der Waals surface area contributed by atoms with Crippen LogP contribution in [0.25, 0.3) is 0 Å². The molecular weight excluding hydrogens is 210 g/mol. The normalized spacial score (nSPS) is 9.94. The molecule has 0 aromatic heterocycles. The minimum absolute atomic E-state index is 0.0912. The molecule has 86 valence electrons. The third-order valence-electron chi connectivity index (χ3n) is 2.08. The number of benzene rings is 1. The summed E-state index contributed by atoms with van der Waals surface area (Å²) in [5, 5.41) is 10.9. The summed E-state index contributed by atoms with van der Waals surface area (Å²) in [6, 6.07) is 3.07. The summed E-state index contributed by atoms with van der Waals surface area (Å²) < 4.78 is 5.18. The first kappa shape index (κ1) is 12.2. The van der Waals surface area contributed by atoms with Gasteiger partial charge in [-0.1, -0.05) is 0 Å². The highest BCUT2D eigenvalue weighted by Crippen LogP contribution is 2.32. The summed E-state index contributed by atoms with van der Waals surface area (Å²) in [5.74, 6) is -0.186. The lowest BCUT2D eigenvalue weighted by Crippen LogP contribution is -2.05. The van der Waals surface area contributed by atoms with E-state index in [0.717, 1.165) is 5.56 Å². The first-order valence-corrected chi connectivity index (χ1v) is 4.90. The molecular formula is C11H13NO4. The minimum atomic E-state index is -0.582. The summed E-state index contributed by atoms with van der Waals surface area (Å²) >= 11 is 0. The van der Waals surface area contributed by atoms with Crippen molar-refractivity contribution in [2.45, 2.75) is 20.8 Å². The van der Waals surface area contributed by atoms with Crippen molar-refractivity contribution in [1.82, 2.24) is 0 Å². The molecule has 0 aliphatic rings. The number of rotatable bonds is 4. The van der Waals surface area contributed by atoms with Gasteiger partial charge in [0.1, 0.15) is 0 Å². The number of nitro benzene ring substituents is 1. The number of aryl methyl sites for hydroxylation is 1. The fraction of sp³-hybridized carbons (Fsp3) is 0.364. The third-order valence-corrected chi connectivity index (χ3v) is 2.08. The van der Waals surface area contributed by atoms with E-state index in [4.69, 9.17) is 4.74 Å². The second-order valence-corrected chi connectivity index (χ2v) is 3.41. The predicted molar refractivity (Wildman–Crippen MR) is 59.0 cm³/mol. The number of Topliss-reactive ketones (excluding diaryl/α,β-unsaturated/α-hetero) is 1. The van der Waals surface area contributed by atoms with Crippen molar-refractivity contribution in [2.75, 3.05) is 6.61 Å². The van der Waals surface area contributed by atoms with E-state index in [2.05, 4.69) is 0 Å². The van der Waals surface area contributed by atoms with Crippen molar-refractivity contribution in [3.05, 3.63) is 33.4 Å². The van der Waals surface area contributed by atoms with E-state index >= 15 is 0 Å². The van der Waals surface area contributed by atoms with Gasteiger partial charge in [-0.05, 0) is 38.5 Å². The molecule has 16 heavy (non-hydrogen) atoms. The van der Waals surface area contributed by atoms with Crippen LogP contribution >= 0.6 is 0 Å². The highest BCUT2D eigenvalue weighted by Gasteiger charge is 2.24. The Balaban J connectivity index is 3.47. The van der Waals surface area contributed by atoms with Crippen molar-refractivity contribution in [1.29, 1.82) is 0 Å². The van der Waals surface area contributed by atoms with E-state index in [1.54, 1.807) is 19.9 Å². The maximum atomic E-state index is 11.3. The Bertz CT molecular complexity index is 440. The third kappa shape index (κ3) is 2.36. The quantitative estimate of drug-likeness (QED) is 0.446. The Morgan fingerprint density at radius 1 is 1.50 bits per heavy atom. The van der Waals surface area contributed by atoms with Crippen LogP contribution in [0.3, 0.4) is 0 Å². The van der Waals surface area contributed by atoms with Crippen molar-refractivity contribution >= 4 is 11.5 Å². The number of ether oxygens (including phenoxy) is 1. The van der Waals surface area contributed by atoms with Crippen molar-refractivity contribution in [2.24, 2.45) is 0 Å². The molecule has 0 N–H and O–H groups in total. The lowest BCUT2D eigenvalue weighted by Gasteiger charge is -2.08. The van der Waals surface area contributed by atoms with Gasteiger partial charge >= 0.3 is 5.69 Å². The van der Waals surface area contributed by atoms with E-state index in [1.807, 2.05) is 0 Å². The zero-order valence-electron chi connectivity index (χ0n) is 9.44. The van der Waals surface area contributed by atoms with Crippen molar-refractivity contribution < 1.29 is 14.5 Å². The second kappa shape index (κ2) is 4.74. The Morgan fingerprint density at radius 3 is 2.56 bits per heavy atom. The van der Waals surface area contributed by atoms with Crippen LogP contribution in [0.15, 0.2) is 12.1 Å². The van der Waals surface area contributed by atoms with E-state index < -0.39 is 4.92 Å². The monoisotopic (exact) mass is 223 g/mol. The summed E-state index contributed by atoms with van der Waals surface area (Å²) in [6.45, 7) is 5.12. The van der Waals surface area contributed by atoms with Gasteiger partial charge in [-0.25, -0.2) is 0 Å². The molecule has 0 aliphatic carbocycles. The molecule has 1 rings (SSSR count). The molecule has 0 saturated carbocycles. The van der Waals surface area contributed by atoms with Crippen LogP contribution in [0.4, 0.5) is 5.69 Å². The largest absolute Gasteiger partial charge is 0.487 e. The number of hydrogen-bond donors (Lipinski definition) is 0. The van der Waals surface area contributed by atoms with Gasteiger partial charge in [0.05, 0.1) is 17.1 Å². The lowest BCUT2D eigenvalue weighted by molar-refractivity contribution is -0.386. The SMILES string of the molecule is CCOc1cc(C)cc(C(C)=O)c1[N+](=O)[O-]. The van der Waals surface area contributed by atoms with Gasteiger partial charge in [0.2, 0.25) is 0 Å². The Labute approximate surface area is 93.2 Å². The van der Waals surface area contributed by atoms with Gasteiger partial charge in [0, 0.05) is 0 Å². The Kier molecular flexibility index (Phi) is 3.60. The number of nitrogens with zero attached hydrogens (tertiary/aromatic N) is 1. The number of nitro groups is 1. The molecule has 0 saturated heterocycles. The van der Waals surface area contributed by atoms with Gasteiger partial charge < -0.3 is 4.74 Å². The molecule has 0 unspecified atom stereocenters. The van der Waals surface area contributed by atoms with Crippen LogP contribution in [-0.2, 0) is 0 Å². The Hall–Kier alpha value is -1.91. The van der Waals surface area contributed by atoms with Crippen LogP contribution in [-0.4, -0.2) is 17.3 Å². The number of carbonyl (C=O) groups excluding carboxylic acids is 1. The molecule has 5 heteroatoms. The van der Waals surface area contributed by atoms with Gasteiger partial charge in [-0.2, -0.15) is 0 Å². The average molecular weight is 223 g/mol. The van der Waals surface area contributed by atoms with Gasteiger partial charge in [-0.3, -0.25) is 14.9 Å². The maximum absolute atomic E-state index is 11.3. The fourth-order valence-electron chi connectivity index (χ4n) is 1.47. The average Bonchev–Trinajstić information content (AvgIpc) is 2.16. The lowest BCUT2D eigenvalue weighted by atomic mass is 10.1. The van der Waals surface area contributed by atoms with Gasteiger partial charge in [-0.15, -0.1) is 0 Å². The smallest absolute Gasteiger partial charge is 0.321 e.